The molecule has 0 atom stereocenters. The van der Waals surface area contributed by atoms with Crippen molar-refractivity contribution in [2.75, 3.05) is 5.73 Å². The van der Waals surface area contributed by atoms with Crippen LogP contribution in [0.25, 0.3) is 0 Å². The maximum absolute atomic E-state index is 10.4. The molecule has 1 aromatic heterocycles. The van der Waals surface area contributed by atoms with Gasteiger partial charge >= 0.3 is 5.97 Å². The monoisotopic (exact) mass is 219 g/mol. The lowest BCUT2D eigenvalue weighted by atomic mass is 10.6. The molecule has 0 saturated carbocycles. The van der Waals surface area contributed by atoms with Crippen LogP contribution in [0.5, 0.6) is 0 Å². The number of aromatic nitrogens is 2. The summed E-state index contributed by atoms with van der Waals surface area (Å²) in [6.07, 6.45) is 1.39. The Bertz CT molecular complexity index is 334. The highest BCUT2D eigenvalue weighted by molar-refractivity contribution is 7.95. The highest BCUT2D eigenvalue weighted by atomic mass is 35.5. The lowest BCUT2D eigenvalue weighted by Crippen LogP contribution is -1.97. The topological polar surface area (TPSA) is 78.1 Å². The maximum atomic E-state index is 10.4. The zero-order chi connectivity index (χ0) is 9.84. The Morgan fingerprint density at radius 3 is 3.00 bits per heavy atom. The Labute approximate surface area is 83.9 Å². The average Bonchev–Trinajstić information content (AvgIpc) is 2.02. The van der Waals surface area contributed by atoms with E-state index in [4.69, 9.17) is 17.3 Å². The average molecular weight is 220 g/mol. The Morgan fingerprint density at radius 2 is 2.46 bits per heavy atom. The van der Waals surface area contributed by atoms with Gasteiger partial charge in [0.05, 0.1) is 6.20 Å². The fourth-order valence-corrected chi connectivity index (χ4v) is 1.10. The first-order valence-electron chi connectivity index (χ1n) is 3.22. The second-order valence-electron chi connectivity index (χ2n) is 2.05. The summed E-state index contributed by atoms with van der Waals surface area (Å²) in [5.41, 5.74) is 5.46. The van der Waals surface area contributed by atoms with Crippen LogP contribution in [0.1, 0.15) is 6.92 Å². The Morgan fingerprint density at radius 1 is 1.77 bits per heavy atom. The third kappa shape index (κ3) is 3.08. The molecule has 0 fully saturated rings. The van der Waals surface area contributed by atoms with Crippen molar-refractivity contribution in [3.8, 4) is 0 Å². The first-order valence-corrected chi connectivity index (χ1v) is 4.34. The molecule has 0 bridgehead atoms. The number of halogens is 1. The number of carbonyl (C=O) groups excluding carboxylic acids is 1. The Kier molecular flexibility index (Phi) is 3.32. The van der Waals surface area contributed by atoms with Crippen molar-refractivity contribution < 1.29 is 8.98 Å². The fraction of sp³-hybridized carbons (Fsp3) is 0.167. The van der Waals surface area contributed by atoms with Crippen LogP contribution in [0, 0.1) is 0 Å². The summed E-state index contributed by atoms with van der Waals surface area (Å²) < 4.78 is 4.62. The van der Waals surface area contributed by atoms with Crippen LogP contribution in [-0.2, 0) is 8.98 Å². The van der Waals surface area contributed by atoms with Gasteiger partial charge in [0.1, 0.15) is 22.8 Å². The zero-order valence-corrected chi connectivity index (χ0v) is 8.22. The van der Waals surface area contributed by atoms with Crippen molar-refractivity contribution >= 4 is 35.4 Å². The van der Waals surface area contributed by atoms with Gasteiger partial charge in [-0.1, -0.05) is 0 Å². The standard InChI is InChI=1S/C6H6ClN3O2S/c1-3(11)12-13-4-2-9-6(7)10-5(4)8/h2H,1H3,(H2,8,9,10). The Balaban J connectivity index is 2.72. The minimum atomic E-state index is -0.417. The van der Waals surface area contributed by atoms with Gasteiger partial charge in [0, 0.05) is 6.92 Å². The third-order valence-corrected chi connectivity index (χ3v) is 2.00. The van der Waals surface area contributed by atoms with Gasteiger partial charge in [-0.3, -0.25) is 4.79 Å². The van der Waals surface area contributed by atoms with Crippen molar-refractivity contribution in [3.05, 3.63) is 11.5 Å². The summed E-state index contributed by atoms with van der Waals surface area (Å²) in [5.74, 6) is -0.231. The SMILES string of the molecule is CC(=O)OSc1cnc(Cl)nc1N. The van der Waals surface area contributed by atoms with E-state index in [2.05, 4.69) is 14.2 Å². The van der Waals surface area contributed by atoms with Crippen LogP contribution < -0.4 is 5.73 Å². The number of rotatable bonds is 2. The number of hydrogen-bond donors (Lipinski definition) is 1. The van der Waals surface area contributed by atoms with E-state index in [1.807, 2.05) is 0 Å². The number of carbonyl (C=O) groups is 1. The molecule has 13 heavy (non-hydrogen) atoms. The highest BCUT2D eigenvalue weighted by Crippen LogP contribution is 2.23. The molecular weight excluding hydrogens is 214 g/mol. The molecule has 0 aliphatic carbocycles. The molecule has 0 aliphatic heterocycles. The molecular formula is C6H6ClN3O2S. The highest BCUT2D eigenvalue weighted by Gasteiger charge is 2.05. The van der Waals surface area contributed by atoms with E-state index in [9.17, 15) is 4.79 Å². The molecule has 2 N–H and O–H groups in total. The molecule has 0 unspecified atom stereocenters. The van der Waals surface area contributed by atoms with E-state index in [0.29, 0.717) is 4.90 Å². The van der Waals surface area contributed by atoms with Crippen molar-refractivity contribution in [2.45, 2.75) is 11.8 Å². The van der Waals surface area contributed by atoms with Gasteiger partial charge in [-0.25, -0.2) is 4.98 Å². The molecule has 70 valence electrons. The molecule has 0 aliphatic rings. The quantitative estimate of drug-likeness (QED) is 0.596. The van der Waals surface area contributed by atoms with Crippen LogP contribution in [0.4, 0.5) is 5.82 Å². The number of nitrogen functional groups attached to an aromatic ring is 1. The predicted octanol–water partition coefficient (Wildman–Crippen LogP) is 1.28. The lowest BCUT2D eigenvalue weighted by molar-refractivity contribution is -0.130. The molecule has 5 nitrogen and oxygen atoms in total. The molecule has 0 spiro atoms. The van der Waals surface area contributed by atoms with Gasteiger partial charge in [-0.2, -0.15) is 4.98 Å². The van der Waals surface area contributed by atoms with Crippen molar-refractivity contribution in [1.29, 1.82) is 0 Å². The van der Waals surface area contributed by atoms with E-state index in [1.54, 1.807) is 0 Å². The van der Waals surface area contributed by atoms with Gasteiger partial charge in [0.2, 0.25) is 5.28 Å². The summed E-state index contributed by atoms with van der Waals surface area (Å²) >= 11 is 6.27. The Hall–Kier alpha value is -1.01. The molecule has 1 aromatic rings. The van der Waals surface area contributed by atoms with Crippen LogP contribution >= 0.6 is 23.6 Å². The van der Waals surface area contributed by atoms with E-state index in [0.717, 1.165) is 12.0 Å². The summed E-state index contributed by atoms with van der Waals surface area (Å²) in [7, 11) is 0. The van der Waals surface area contributed by atoms with Gasteiger partial charge in [0.15, 0.2) is 0 Å². The second kappa shape index (κ2) is 4.29. The van der Waals surface area contributed by atoms with Crippen LogP contribution in [0.2, 0.25) is 5.28 Å². The van der Waals surface area contributed by atoms with Crippen molar-refractivity contribution in [1.82, 2.24) is 9.97 Å². The summed E-state index contributed by atoms with van der Waals surface area (Å²) in [5, 5.41) is 0.0599. The molecule has 7 heteroatoms. The maximum Gasteiger partial charge on any atom is 0.315 e. The number of anilines is 1. The first kappa shape index (κ1) is 10.1. The first-order chi connectivity index (χ1) is 6.09. The smallest absolute Gasteiger partial charge is 0.315 e. The van der Waals surface area contributed by atoms with Gasteiger partial charge in [-0.15, -0.1) is 0 Å². The van der Waals surface area contributed by atoms with E-state index >= 15 is 0 Å². The van der Waals surface area contributed by atoms with Gasteiger partial charge in [-0.05, 0) is 11.6 Å². The molecule has 0 radical (unpaired) electrons. The second-order valence-corrected chi connectivity index (χ2v) is 3.16. The number of nitrogens with zero attached hydrogens (tertiary/aromatic N) is 2. The zero-order valence-electron chi connectivity index (χ0n) is 6.65. The minimum absolute atomic E-state index is 0.0599. The summed E-state index contributed by atoms with van der Waals surface area (Å²) in [6, 6.07) is 0. The van der Waals surface area contributed by atoms with Crippen LogP contribution in [-0.4, -0.2) is 15.9 Å². The van der Waals surface area contributed by atoms with Gasteiger partial charge in [0.25, 0.3) is 0 Å². The molecule has 0 aromatic carbocycles. The molecule has 0 saturated heterocycles. The van der Waals surface area contributed by atoms with E-state index in [-0.39, 0.29) is 11.1 Å². The predicted molar refractivity (Wildman–Crippen MR) is 49.1 cm³/mol. The number of hydrogen-bond acceptors (Lipinski definition) is 6. The molecule has 1 heterocycles. The molecule has 1 rings (SSSR count). The van der Waals surface area contributed by atoms with E-state index < -0.39 is 5.97 Å². The normalized spacial score (nSPS) is 9.69. The van der Waals surface area contributed by atoms with E-state index in [1.165, 1.54) is 13.1 Å². The summed E-state index contributed by atoms with van der Waals surface area (Å²) in [6.45, 7) is 1.29. The summed E-state index contributed by atoms with van der Waals surface area (Å²) in [4.78, 5) is 18.3. The van der Waals surface area contributed by atoms with Crippen LogP contribution in [0.15, 0.2) is 11.1 Å². The van der Waals surface area contributed by atoms with Crippen molar-refractivity contribution in [2.24, 2.45) is 0 Å². The van der Waals surface area contributed by atoms with Gasteiger partial charge < -0.3 is 9.92 Å². The largest absolute Gasteiger partial charge is 0.386 e. The minimum Gasteiger partial charge on any atom is -0.386 e. The fourth-order valence-electron chi connectivity index (χ4n) is 0.529. The molecule has 0 amide bonds. The third-order valence-electron chi connectivity index (χ3n) is 1.00. The lowest BCUT2D eigenvalue weighted by Gasteiger charge is -2.01. The number of nitrogens with two attached hydrogens (primary N) is 1. The van der Waals surface area contributed by atoms with Crippen molar-refractivity contribution in [3.63, 3.8) is 0 Å². The van der Waals surface area contributed by atoms with Crippen LogP contribution in [0.3, 0.4) is 0 Å².